The number of nitrogens with one attached hydrogen (secondary N) is 1. The summed E-state index contributed by atoms with van der Waals surface area (Å²) in [7, 11) is 1.67. The Morgan fingerprint density at radius 1 is 1.57 bits per heavy atom. The summed E-state index contributed by atoms with van der Waals surface area (Å²) in [5, 5.41) is 11.2. The van der Waals surface area contributed by atoms with Crippen molar-refractivity contribution < 1.29 is 9.53 Å². The Morgan fingerprint density at radius 3 is 3.10 bits per heavy atom. The molecule has 2 aromatic rings. The van der Waals surface area contributed by atoms with E-state index in [-0.39, 0.29) is 11.8 Å². The Labute approximate surface area is 122 Å². The summed E-state index contributed by atoms with van der Waals surface area (Å²) in [6.45, 7) is 4.62. The Morgan fingerprint density at radius 2 is 2.43 bits per heavy atom. The van der Waals surface area contributed by atoms with E-state index in [0.29, 0.717) is 25.4 Å². The summed E-state index contributed by atoms with van der Waals surface area (Å²) < 4.78 is 7.21. The normalized spacial score (nSPS) is 17.8. The highest BCUT2D eigenvalue weighted by atomic mass is 16.5. The lowest BCUT2D eigenvalue weighted by Crippen LogP contribution is -2.39. The molecule has 0 fully saturated rings. The van der Waals surface area contributed by atoms with Crippen LogP contribution >= 0.6 is 0 Å². The lowest BCUT2D eigenvalue weighted by atomic mass is 9.97. The zero-order chi connectivity index (χ0) is 14.8. The van der Waals surface area contributed by atoms with Crippen molar-refractivity contribution in [3.8, 4) is 0 Å². The van der Waals surface area contributed by atoms with Gasteiger partial charge in [-0.15, -0.1) is 0 Å². The van der Waals surface area contributed by atoms with Crippen LogP contribution in [0.5, 0.6) is 0 Å². The predicted octanol–water partition coefficient (Wildman–Crippen LogP) is 1.01. The smallest absolute Gasteiger partial charge is 0.272 e. The number of aromatic nitrogens is 4. The van der Waals surface area contributed by atoms with Gasteiger partial charge in [-0.1, -0.05) is 0 Å². The van der Waals surface area contributed by atoms with Crippen molar-refractivity contribution in [1.29, 1.82) is 0 Å². The average Bonchev–Trinajstić information content (AvgIpc) is 3.15. The van der Waals surface area contributed by atoms with E-state index in [0.717, 1.165) is 17.8 Å². The third kappa shape index (κ3) is 2.56. The molecule has 1 unspecified atom stereocenters. The van der Waals surface area contributed by atoms with Crippen LogP contribution in [0.15, 0.2) is 18.5 Å². The molecule has 0 spiro atoms. The fourth-order valence-electron chi connectivity index (χ4n) is 2.76. The monoisotopic (exact) mass is 289 g/mol. The van der Waals surface area contributed by atoms with E-state index >= 15 is 0 Å². The third-order valence-electron chi connectivity index (χ3n) is 3.77. The summed E-state index contributed by atoms with van der Waals surface area (Å²) in [4.78, 5) is 14.3. The number of carbonyl (C=O) groups is 1. The first-order valence-corrected chi connectivity index (χ1v) is 7.06. The lowest BCUT2D eigenvalue weighted by Gasteiger charge is -2.31. The molecule has 7 nitrogen and oxygen atoms in total. The molecule has 0 aromatic carbocycles. The average molecular weight is 289 g/mol. The molecule has 1 N–H and O–H groups in total. The molecule has 1 amide bonds. The minimum atomic E-state index is -0.0384. The molecule has 0 saturated heterocycles. The maximum atomic E-state index is 12.5. The van der Waals surface area contributed by atoms with Crippen LogP contribution in [-0.4, -0.2) is 51.0 Å². The Balaban J connectivity index is 1.88. The van der Waals surface area contributed by atoms with E-state index in [1.54, 1.807) is 19.4 Å². The highest BCUT2D eigenvalue weighted by Gasteiger charge is 2.31. The van der Waals surface area contributed by atoms with E-state index in [1.165, 1.54) is 0 Å². The van der Waals surface area contributed by atoms with Gasteiger partial charge >= 0.3 is 0 Å². The number of ether oxygens (including phenoxy) is 1. The maximum Gasteiger partial charge on any atom is 0.272 e. The second-order valence-electron chi connectivity index (χ2n) is 5.20. The molecule has 1 atom stereocenters. The zero-order valence-corrected chi connectivity index (χ0v) is 12.2. The molecule has 3 rings (SSSR count). The number of amides is 1. The van der Waals surface area contributed by atoms with E-state index < -0.39 is 0 Å². The van der Waals surface area contributed by atoms with Gasteiger partial charge in [-0.2, -0.15) is 10.2 Å². The molecule has 1 aliphatic rings. The summed E-state index contributed by atoms with van der Waals surface area (Å²) in [6.07, 6.45) is 3.61. The first-order valence-electron chi connectivity index (χ1n) is 7.06. The van der Waals surface area contributed by atoms with E-state index in [9.17, 15) is 4.79 Å². The number of aromatic amines is 1. The predicted molar refractivity (Wildman–Crippen MR) is 75.8 cm³/mol. The van der Waals surface area contributed by atoms with Crippen LogP contribution in [0, 0.1) is 0 Å². The van der Waals surface area contributed by atoms with Crippen LogP contribution < -0.4 is 0 Å². The Hall–Kier alpha value is -2.15. The molecule has 112 valence electrons. The minimum Gasteiger partial charge on any atom is -0.384 e. The summed E-state index contributed by atoms with van der Waals surface area (Å²) in [5.74, 6) is 0.0712. The molecule has 0 radical (unpaired) electrons. The number of nitrogens with zero attached hydrogens (tertiary/aromatic N) is 4. The fourth-order valence-corrected chi connectivity index (χ4v) is 2.76. The molecule has 0 bridgehead atoms. The highest BCUT2D eigenvalue weighted by molar-refractivity contribution is 5.92. The van der Waals surface area contributed by atoms with Crippen LogP contribution in [0.25, 0.3) is 0 Å². The van der Waals surface area contributed by atoms with Gasteiger partial charge in [-0.05, 0) is 13.0 Å². The van der Waals surface area contributed by atoms with Crippen LogP contribution in [0.4, 0.5) is 0 Å². The van der Waals surface area contributed by atoms with E-state index in [2.05, 4.69) is 22.2 Å². The van der Waals surface area contributed by atoms with Gasteiger partial charge in [0.25, 0.3) is 5.91 Å². The van der Waals surface area contributed by atoms with Crippen molar-refractivity contribution in [2.45, 2.75) is 25.9 Å². The van der Waals surface area contributed by atoms with Crippen molar-refractivity contribution >= 4 is 5.91 Å². The largest absolute Gasteiger partial charge is 0.384 e. The van der Waals surface area contributed by atoms with Crippen molar-refractivity contribution in [2.24, 2.45) is 0 Å². The molecule has 1 aliphatic heterocycles. The quantitative estimate of drug-likeness (QED) is 0.911. The van der Waals surface area contributed by atoms with Gasteiger partial charge in [0, 0.05) is 50.6 Å². The maximum absolute atomic E-state index is 12.5. The van der Waals surface area contributed by atoms with Gasteiger partial charge in [0.15, 0.2) is 0 Å². The Kier molecular flexibility index (Phi) is 3.74. The van der Waals surface area contributed by atoms with Crippen molar-refractivity contribution in [3.63, 3.8) is 0 Å². The number of rotatable bonds is 4. The first kappa shape index (κ1) is 13.8. The van der Waals surface area contributed by atoms with Gasteiger partial charge in [-0.3, -0.25) is 14.6 Å². The van der Waals surface area contributed by atoms with Crippen LogP contribution in [-0.2, 0) is 17.8 Å². The molecular weight excluding hydrogens is 270 g/mol. The Bertz CT molecular complexity index is 619. The summed E-state index contributed by atoms with van der Waals surface area (Å²) in [6, 6.07) is 1.69. The number of fused-ring (bicyclic) bond motifs is 1. The van der Waals surface area contributed by atoms with Crippen LogP contribution in [0.1, 0.15) is 34.6 Å². The van der Waals surface area contributed by atoms with Gasteiger partial charge in [0.05, 0.1) is 12.3 Å². The van der Waals surface area contributed by atoms with Crippen molar-refractivity contribution in [2.75, 3.05) is 20.3 Å². The number of H-pyrrole nitrogens is 1. The molecule has 0 saturated carbocycles. The number of methoxy groups -OCH3 is 1. The SMILES string of the molecule is CCn1cc2c(n1)C(COC)CN(C(=O)c1ccn[nH]1)C2. The molecule has 3 heterocycles. The van der Waals surface area contributed by atoms with Gasteiger partial charge < -0.3 is 9.64 Å². The second kappa shape index (κ2) is 5.69. The molecule has 0 aliphatic carbocycles. The molecule has 21 heavy (non-hydrogen) atoms. The number of hydrogen-bond acceptors (Lipinski definition) is 4. The van der Waals surface area contributed by atoms with Gasteiger partial charge in [0.1, 0.15) is 5.69 Å². The van der Waals surface area contributed by atoms with Crippen LogP contribution in [0.3, 0.4) is 0 Å². The summed E-state index contributed by atoms with van der Waals surface area (Å²) >= 11 is 0. The fraction of sp³-hybridized carbons (Fsp3) is 0.500. The van der Waals surface area contributed by atoms with E-state index in [1.807, 2.05) is 15.8 Å². The van der Waals surface area contributed by atoms with Crippen molar-refractivity contribution in [3.05, 3.63) is 35.4 Å². The topological polar surface area (TPSA) is 76.0 Å². The number of hydrogen-bond donors (Lipinski definition) is 1. The zero-order valence-electron chi connectivity index (χ0n) is 12.2. The summed E-state index contributed by atoms with van der Waals surface area (Å²) in [5.41, 5.74) is 2.66. The first-order chi connectivity index (χ1) is 10.2. The van der Waals surface area contributed by atoms with Gasteiger partial charge in [0.2, 0.25) is 0 Å². The van der Waals surface area contributed by atoms with Crippen LogP contribution in [0.2, 0.25) is 0 Å². The lowest BCUT2D eigenvalue weighted by molar-refractivity contribution is 0.0673. The van der Waals surface area contributed by atoms with Crippen molar-refractivity contribution in [1.82, 2.24) is 24.9 Å². The minimum absolute atomic E-state index is 0.0384. The third-order valence-corrected chi connectivity index (χ3v) is 3.77. The highest BCUT2D eigenvalue weighted by Crippen LogP contribution is 2.28. The molecule has 2 aromatic heterocycles. The standard InChI is InChI=1S/C14H19N5O2/c1-3-19-8-10-6-18(14(20)12-4-5-15-16-12)7-11(9-21-2)13(10)17-19/h4-5,8,11H,3,6-7,9H2,1-2H3,(H,15,16). The van der Waals surface area contributed by atoms with E-state index in [4.69, 9.17) is 4.74 Å². The number of aryl methyl sites for hydroxylation is 1. The molecular formula is C14H19N5O2. The molecule has 7 heteroatoms. The second-order valence-corrected chi connectivity index (χ2v) is 5.20. The number of carbonyl (C=O) groups excluding carboxylic acids is 1. The van der Waals surface area contributed by atoms with Gasteiger partial charge in [-0.25, -0.2) is 0 Å².